The molecule has 1 aliphatic rings. The van der Waals surface area contributed by atoms with Crippen LogP contribution in [0.4, 0.5) is 4.39 Å². The molecule has 0 bridgehead atoms. The number of H-pyrrole nitrogens is 1. The van der Waals surface area contributed by atoms with Gasteiger partial charge >= 0.3 is 5.69 Å². The van der Waals surface area contributed by atoms with E-state index < -0.39 is 11.5 Å². The molecule has 0 amide bonds. The van der Waals surface area contributed by atoms with E-state index in [1.54, 1.807) is 13.1 Å². The number of nitrogens with two attached hydrogens (primary N) is 1. The molecule has 8 heteroatoms. The third-order valence-electron chi connectivity index (χ3n) is 5.61. The number of hydrogen-bond acceptors (Lipinski definition) is 5. The summed E-state index contributed by atoms with van der Waals surface area (Å²) >= 11 is 1.48. The second-order valence-corrected chi connectivity index (χ2v) is 8.46. The molecule has 4 heterocycles. The van der Waals surface area contributed by atoms with Crippen molar-refractivity contribution in [2.75, 3.05) is 0 Å². The van der Waals surface area contributed by atoms with E-state index in [9.17, 15) is 9.59 Å². The maximum absolute atomic E-state index is 15.2. The van der Waals surface area contributed by atoms with Crippen LogP contribution in [0.1, 0.15) is 35.6 Å². The van der Waals surface area contributed by atoms with Crippen molar-refractivity contribution in [2.45, 2.75) is 32.2 Å². The molecule has 1 fully saturated rings. The van der Waals surface area contributed by atoms with E-state index >= 15 is 4.39 Å². The zero-order valence-corrected chi connectivity index (χ0v) is 17.1. The number of aryl methyl sites for hydroxylation is 1. The molecule has 152 valence electrons. The minimum atomic E-state index is -0.623. The predicted molar refractivity (Wildman–Crippen MR) is 115 cm³/mol. The van der Waals surface area contributed by atoms with Crippen molar-refractivity contribution in [3.05, 3.63) is 79.4 Å². The molecule has 3 N–H and O–H groups in total. The van der Waals surface area contributed by atoms with Gasteiger partial charge in [-0.3, -0.25) is 19.2 Å². The van der Waals surface area contributed by atoms with Gasteiger partial charge in [0.25, 0.3) is 5.56 Å². The van der Waals surface area contributed by atoms with Crippen molar-refractivity contribution in [1.82, 2.24) is 14.4 Å². The third kappa shape index (κ3) is 2.91. The van der Waals surface area contributed by atoms with Crippen LogP contribution in [0.15, 0.2) is 45.6 Å². The lowest BCUT2D eigenvalue weighted by Gasteiger charge is -2.14. The van der Waals surface area contributed by atoms with E-state index in [1.807, 2.05) is 23.6 Å². The quantitative estimate of drug-likeness (QED) is 0.526. The highest BCUT2D eigenvalue weighted by atomic mass is 32.1. The average molecular weight is 422 g/mol. The van der Waals surface area contributed by atoms with Gasteiger partial charge in [0.1, 0.15) is 5.82 Å². The molecule has 6 nitrogen and oxygen atoms in total. The molecule has 0 unspecified atom stereocenters. The van der Waals surface area contributed by atoms with E-state index in [1.165, 1.54) is 21.9 Å². The summed E-state index contributed by atoms with van der Waals surface area (Å²) in [5.74, 6) is -0.396. The van der Waals surface area contributed by atoms with Crippen molar-refractivity contribution in [2.24, 2.45) is 5.73 Å². The van der Waals surface area contributed by atoms with Gasteiger partial charge in [0.05, 0.1) is 17.4 Å². The smallest absolute Gasteiger partial charge is 0.325 e. The van der Waals surface area contributed by atoms with Crippen LogP contribution in [-0.2, 0) is 6.54 Å². The standard InChI is InChI=1S/C22H19FN4O2S/c1-11-18(13-7-17(30-10-13)14-3-2-6-25-16(14)8-24)15(23)9-27-20(11)19(12-4-5-12)21(28)26-22(27)29/h2-3,6-7,9-10,12H,4-5,8,24H2,1H3,(H,26,28,29). The molecular formula is C22H19FN4O2S. The maximum Gasteiger partial charge on any atom is 0.333 e. The first kappa shape index (κ1) is 18.9. The van der Waals surface area contributed by atoms with E-state index in [-0.39, 0.29) is 11.5 Å². The molecule has 4 aromatic rings. The Morgan fingerprint density at radius 3 is 2.90 bits per heavy atom. The molecule has 0 radical (unpaired) electrons. The molecule has 0 aliphatic heterocycles. The number of pyridine rings is 2. The third-order valence-corrected chi connectivity index (χ3v) is 6.58. The summed E-state index contributed by atoms with van der Waals surface area (Å²) < 4.78 is 16.4. The Labute approximate surface area is 174 Å². The highest BCUT2D eigenvalue weighted by Crippen LogP contribution is 2.42. The van der Waals surface area contributed by atoms with Crippen LogP contribution >= 0.6 is 11.3 Å². The monoisotopic (exact) mass is 422 g/mol. The molecule has 4 aromatic heterocycles. The number of hydrogen-bond donors (Lipinski definition) is 2. The first-order chi connectivity index (χ1) is 14.5. The van der Waals surface area contributed by atoms with Gasteiger partial charge < -0.3 is 5.73 Å². The van der Waals surface area contributed by atoms with Gasteiger partial charge in [0.2, 0.25) is 0 Å². The van der Waals surface area contributed by atoms with Crippen molar-refractivity contribution in [3.8, 4) is 21.6 Å². The first-order valence-electron chi connectivity index (χ1n) is 9.70. The van der Waals surface area contributed by atoms with E-state index in [4.69, 9.17) is 5.73 Å². The number of fused-ring (bicyclic) bond motifs is 1. The Kier molecular flexibility index (Phi) is 4.41. The SMILES string of the molecule is Cc1c(-c2csc(-c3cccnc3CN)c2)c(F)cn2c(=O)[nH]c(=O)c(C3CC3)c12. The topological polar surface area (TPSA) is 93.2 Å². The lowest BCUT2D eigenvalue weighted by molar-refractivity contribution is 0.618. The van der Waals surface area contributed by atoms with Crippen LogP contribution in [-0.4, -0.2) is 14.4 Å². The minimum absolute atomic E-state index is 0.113. The molecule has 0 aromatic carbocycles. The Morgan fingerprint density at radius 1 is 1.37 bits per heavy atom. The molecule has 1 aliphatic carbocycles. The van der Waals surface area contributed by atoms with Crippen LogP contribution in [0.2, 0.25) is 0 Å². The van der Waals surface area contributed by atoms with Crippen molar-refractivity contribution < 1.29 is 4.39 Å². The summed E-state index contributed by atoms with van der Waals surface area (Å²) in [4.78, 5) is 32.4. The number of nitrogens with zero attached hydrogens (tertiary/aromatic N) is 2. The van der Waals surface area contributed by atoms with Crippen molar-refractivity contribution >= 4 is 16.9 Å². The first-order valence-corrected chi connectivity index (χ1v) is 10.6. The van der Waals surface area contributed by atoms with E-state index in [0.29, 0.717) is 34.3 Å². The van der Waals surface area contributed by atoms with Gasteiger partial charge in [-0.2, -0.15) is 0 Å². The van der Waals surface area contributed by atoms with Crippen molar-refractivity contribution in [1.29, 1.82) is 0 Å². The number of nitrogens with one attached hydrogen (secondary N) is 1. The molecule has 1 saturated carbocycles. The van der Waals surface area contributed by atoms with Crippen LogP contribution in [0.5, 0.6) is 0 Å². The zero-order valence-electron chi connectivity index (χ0n) is 16.2. The fraction of sp³-hybridized carbons (Fsp3) is 0.227. The number of aromatic amines is 1. The van der Waals surface area contributed by atoms with Crippen LogP contribution in [0, 0.1) is 12.7 Å². The summed E-state index contributed by atoms with van der Waals surface area (Å²) in [6, 6.07) is 5.69. The second-order valence-electron chi connectivity index (χ2n) is 7.54. The molecule has 0 atom stereocenters. The number of halogens is 1. The molecule has 5 rings (SSSR count). The van der Waals surface area contributed by atoms with Gasteiger partial charge in [-0.15, -0.1) is 11.3 Å². The summed E-state index contributed by atoms with van der Waals surface area (Å²) in [6.45, 7) is 2.08. The highest BCUT2D eigenvalue weighted by molar-refractivity contribution is 7.14. The van der Waals surface area contributed by atoms with Crippen LogP contribution < -0.4 is 17.0 Å². The lowest BCUT2D eigenvalue weighted by atomic mass is 9.98. The summed E-state index contributed by atoms with van der Waals surface area (Å²) in [5, 5.41) is 1.88. The van der Waals surface area contributed by atoms with E-state index in [2.05, 4.69) is 9.97 Å². The number of rotatable bonds is 4. The van der Waals surface area contributed by atoms with Crippen molar-refractivity contribution in [3.63, 3.8) is 0 Å². The second kappa shape index (κ2) is 7.00. The Bertz CT molecular complexity index is 1420. The molecule has 0 spiro atoms. The molecular weight excluding hydrogens is 403 g/mol. The average Bonchev–Trinajstić information content (AvgIpc) is 3.45. The van der Waals surface area contributed by atoms with Crippen LogP contribution in [0.25, 0.3) is 27.1 Å². The van der Waals surface area contributed by atoms with Gasteiger partial charge in [-0.1, -0.05) is 6.07 Å². The number of aromatic nitrogens is 3. The maximum atomic E-state index is 15.2. The minimum Gasteiger partial charge on any atom is -0.325 e. The highest BCUT2D eigenvalue weighted by Gasteiger charge is 2.31. The Balaban J connectivity index is 1.75. The van der Waals surface area contributed by atoms with Gasteiger partial charge in [-0.05, 0) is 54.3 Å². The molecule has 0 saturated heterocycles. The molecule has 30 heavy (non-hydrogen) atoms. The van der Waals surface area contributed by atoms with Crippen LogP contribution in [0.3, 0.4) is 0 Å². The Hall–Kier alpha value is -3.10. The largest absolute Gasteiger partial charge is 0.333 e. The fourth-order valence-electron chi connectivity index (χ4n) is 4.08. The lowest BCUT2D eigenvalue weighted by Crippen LogP contribution is -2.29. The number of thiophene rings is 1. The summed E-state index contributed by atoms with van der Waals surface area (Å²) in [5.41, 5.74) is 9.29. The normalized spacial score (nSPS) is 13.8. The van der Waals surface area contributed by atoms with Gasteiger partial charge in [0.15, 0.2) is 0 Å². The summed E-state index contributed by atoms with van der Waals surface area (Å²) in [6.07, 6.45) is 4.67. The zero-order chi connectivity index (χ0) is 21.0. The van der Waals surface area contributed by atoms with Gasteiger partial charge in [0, 0.05) is 34.3 Å². The van der Waals surface area contributed by atoms with E-state index in [0.717, 1.165) is 29.0 Å². The van der Waals surface area contributed by atoms with Gasteiger partial charge in [-0.25, -0.2) is 9.18 Å². The Morgan fingerprint density at radius 2 is 2.17 bits per heavy atom. The fourth-order valence-corrected chi connectivity index (χ4v) is 5.03. The summed E-state index contributed by atoms with van der Waals surface area (Å²) in [7, 11) is 0. The predicted octanol–water partition coefficient (Wildman–Crippen LogP) is 3.56.